The molecule has 27 heavy (non-hydrogen) atoms. The van der Waals surface area contributed by atoms with Crippen molar-refractivity contribution in [2.45, 2.75) is 32.5 Å². The minimum absolute atomic E-state index is 0.340. The Kier molecular flexibility index (Phi) is 5.66. The van der Waals surface area contributed by atoms with E-state index in [1.54, 1.807) is 11.3 Å². The van der Waals surface area contributed by atoms with Gasteiger partial charge in [-0.2, -0.15) is 13.2 Å². The van der Waals surface area contributed by atoms with Crippen LogP contribution in [0.25, 0.3) is 0 Å². The second-order valence-electron chi connectivity index (χ2n) is 6.53. The van der Waals surface area contributed by atoms with Crippen molar-refractivity contribution >= 4 is 22.9 Å². The Balaban J connectivity index is 1.57. The van der Waals surface area contributed by atoms with Crippen LogP contribution in [-0.4, -0.2) is 33.9 Å². The number of hydrogen-bond acceptors (Lipinski definition) is 5. The van der Waals surface area contributed by atoms with Gasteiger partial charge in [-0.05, 0) is 38.9 Å². The highest BCUT2D eigenvalue weighted by Crippen LogP contribution is 2.29. The zero-order chi connectivity index (χ0) is 19.6. The van der Waals surface area contributed by atoms with Crippen molar-refractivity contribution in [2.24, 2.45) is 5.92 Å². The number of carbonyl (C=O) groups is 1. The molecule has 0 aromatic carbocycles. The summed E-state index contributed by atoms with van der Waals surface area (Å²) in [6.07, 6.45) is -2.85. The van der Waals surface area contributed by atoms with Crippen LogP contribution in [0.5, 0.6) is 0 Å². The maximum Gasteiger partial charge on any atom is 0.417 e. The predicted octanol–water partition coefficient (Wildman–Crippen LogP) is 3.01. The highest BCUT2D eigenvalue weighted by molar-refractivity contribution is 7.09. The molecule has 2 aromatic heterocycles. The molecule has 3 heterocycles. The van der Waals surface area contributed by atoms with Crippen LogP contribution >= 0.6 is 11.3 Å². The van der Waals surface area contributed by atoms with Gasteiger partial charge in [-0.25, -0.2) is 4.98 Å². The van der Waals surface area contributed by atoms with Gasteiger partial charge in [0.05, 0.1) is 16.3 Å². The van der Waals surface area contributed by atoms with Gasteiger partial charge in [-0.1, -0.05) is 0 Å². The van der Waals surface area contributed by atoms with Gasteiger partial charge >= 0.3 is 6.18 Å². The number of pyridine rings is 1. The number of aryl methyl sites for hydroxylation is 1. The Morgan fingerprint density at radius 2 is 2.11 bits per heavy atom. The van der Waals surface area contributed by atoms with Crippen LogP contribution in [0.4, 0.5) is 18.9 Å². The molecule has 6 nitrogen and oxygen atoms in total. The van der Waals surface area contributed by atoms with E-state index in [1.165, 1.54) is 0 Å². The average Bonchev–Trinajstić information content (AvgIpc) is 3.01. The van der Waals surface area contributed by atoms with Gasteiger partial charge in [0.1, 0.15) is 5.69 Å². The minimum Gasteiger partial charge on any atom is -0.327 e. The van der Waals surface area contributed by atoms with Crippen molar-refractivity contribution in [1.82, 2.24) is 14.9 Å². The second-order valence-corrected chi connectivity index (χ2v) is 7.59. The van der Waals surface area contributed by atoms with E-state index in [2.05, 4.69) is 15.2 Å². The molecule has 0 aliphatic carbocycles. The highest BCUT2D eigenvalue weighted by atomic mass is 32.1. The third kappa shape index (κ3) is 4.95. The number of aromatic amines is 1. The Morgan fingerprint density at radius 1 is 1.41 bits per heavy atom. The first-order valence-electron chi connectivity index (χ1n) is 8.46. The molecular weight excluding hydrogens is 381 g/mol. The summed E-state index contributed by atoms with van der Waals surface area (Å²) in [4.78, 5) is 32.7. The van der Waals surface area contributed by atoms with Crippen molar-refractivity contribution in [3.05, 3.63) is 44.3 Å². The van der Waals surface area contributed by atoms with Crippen molar-refractivity contribution < 1.29 is 18.0 Å². The molecule has 2 N–H and O–H groups in total. The van der Waals surface area contributed by atoms with Crippen LogP contribution in [0.3, 0.4) is 0 Å². The molecule has 1 aliphatic rings. The smallest absolute Gasteiger partial charge is 0.327 e. The first-order valence-corrected chi connectivity index (χ1v) is 9.34. The Bertz CT molecular complexity index is 870. The first-order chi connectivity index (χ1) is 12.7. The van der Waals surface area contributed by atoms with Gasteiger partial charge in [0.2, 0.25) is 5.91 Å². The number of nitrogens with one attached hydrogen (secondary N) is 2. The fourth-order valence-corrected chi connectivity index (χ4v) is 3.64. The zero-order valence-electron chi connectivity index (χ0n) is 14.6. The standard InChI is InChI=1S/C17H19F3N4O2S/c1-10-22-13(9-27-10)8-24-4-2-11(3-5-24)15(25)23-14-6-12(17(18,19)20)7-21-16(14)26/h6-7,9,11H,2-5,8H2,1H3,(H,21,26)(H,23,25). The summed E-state index contributed by atoms with van der Waals surface area (Å²) in [5.74, 6) is -0.767. The number of alkyl halides is 3. The van der Waals surface area contributed by atoms with Crippen LogP contribution in [0, 0.1) is 12.8 Å². The lowest BCUT2D eigenvalue weighted by Crippen LogP contribution is -2.38. The second kappa shape index (κ2) is 7.81. The summed E-state index contributed by atoms with van der Waals surface area (Å²) in [7, 11) is 0. The van der Waals surface area contributed by atoms with Crippen LogP contribution in [0.15, 0.2) is 22.4 Å². The van der Waals surface area contributed by atoms with Crippen LogP contribution in [0.2, 0.25) is 0 Å². The van der Waals surface area contributed by atoms with E-state index in [4.69, 9.17) is 0 Å². The van der Waals surface area contributed by atoms with Gasteiger partial charge in [-0.15, -0.1) is 11.3 Å². The summed E-state index contributed by atoms with van der Waals surface area (Å²) in [6.45, 7) is 4.04. The van der Waals surface area contributed by atoms with E-state index >= 15 is 0 Å². The SMILES string of the molecule is Cc1nc(CN2CCC(C(=O)Nc3cc(C(F)(F)F)c[nH]c3=O)CC2)cs1. The number of carbonyl (C=O) groups excluding carboxylic acids is 1. The number of hydrogen-bond donors (Lipinski definition) is 2. The number of rotatable bonds is 4. The summed E-state index contributed by atoms with van der Waals surface area (Å²) >= 11 is 1.59. The number of likely N-dealkylation sites (tertiary alicyclic amines) is 1. The molecule has 10 heteroatoms. The van der Waals surface area contributed by atoms with Crippen molar-refractivity contribution in [1.29, 1.82) is 0 Å². The van der Waals surface area contributed by atoms with Gasteiger partial charge < -0.3 is 10.3 Å². The normalized spacial score (nSPS) is 16.4. The summed E-state index contributed by atoms with van der Waals surface area (Å²) in [6, 6.07) is 0.663. The van der Waals surface area contributed by atoms with Crippen LogP contribution in [-0.2, 0) is 17.5 Å². The lowest BCUT2D eigenvalue weighted by Gasteiger charge is -2.30. The molecule has 3 rings (SSSR count). The zero-order valence-corrected chi connectivity index (χ0v) is 15.4. The Labute approximate surface area is 157 Å². The lowest BCUT2D eigenvalue weighted by molar-refractivity contribution is -0.137. The van der Waals surface area contributed by atoms with E-state index in [1.807, 2.05) is 17.3 Å². The van der Waals surface area contributed by atoms with Crippen molar-refractivity contribution in [2.75, 3.05) is 18.4 Å². The summed E-state index contributed by atoms with van der Waals surface area (Å²) in [5, 5.41) is 5.36. The first kappa shape index (κ1) is 19.6. The fourth-order valence-electron chi connectivity index (χ4n) is 3.04. The number of halogens is 3. The molecule has 1 fully saturated rings. The van der Waals surface area contributed by atoms with E-state index in [9.17, 15) is 22.8 Å². The fraction of sp³-hybridized carbons (Fsp3) is 0.471. The number of amides is 1. The Hall–Kier alpha value is -2.20. The molecule has 1 amide bonds. The molecular formula is C17H19F3N4O2S. The molecule has 1 saturated heterocycles. The lowest BCUT2D eigenvalue weighted by atomic mass is 9.95. The van der Waals surface area contributed by atoms with Crippen molar-refractivity contribution in [3.8, 4) is 0 Å². The monoisotopic (exact) mass is 400 g/mol. The average molecular weight is 400 g/mol. The van der Waals surface area contributed by atoms with E-state index in [0.29, 0.717) is 44.7 Å². The molecule has 0 bridgehead atoms. The van der Waals surface area contributed by atoms with E-state index in [0.717, 1.165) is 10.7 Å². The number of aromatic nitrogens is 2. The summed E-state index contributed by atoms with van der Waals surface area (Å²) < 4.78 is 38.3. The van der Waals surface area contributed by atoms with E-state index < -0.39 is 23.2 Å². The molecule has 1 aliphatic heterocycles. The maximum absolute atomic E-state index is 12.8. The molecule has 2 aromatic rings. The minimum atomic E-state index is -4.59. The molecule has 0 unspecified atom stereocenters. The summed E-state index contributed by atoms with van der Waals surface area (Å²) in [5.41, 5.74) is -1.15. The third-order valence-electron chi connectivity index (χ3n) is 4.50. The highest BCUT2D eigenvalue weighted by Gasteiger charge is 2.32. The Morgan fingerprint density at radius 3 is 2.70 bits per heavy atom. The topological polar surface area (TPSA) is 78.1 Å². The molecule has 146 valence electrons. The number of H-pyrrole nitrogens is 1. The van der Waals surface area contributed by atoms with Gasteiger partial charge in [0.15, 0.2) is 0 Å². The number of anilines is 1. The molecule has 0 saturated carbocycles. The van der Waals surface area contributed by atoms with Gasteiger partial charge in [0.25, 0.3) is 5.56 Å². The molecule has 0 atom stereocenters. The predicted molar refractivity (Wildman–Crippen MR) is 95.5 cm³/mol. The molecule has 0 radical (unpaired) electrons. The van der Waals surface area contributed by atoms with Crippen molar-refractivity contribution in [3.63, 3.8) is 0 Å². The number of piperidine rings is 1. The number of nitrogens with zero attached hydrogens (tertiary/aromatic N) is 2. The van der Waals surface area contributed by atoms with Crippen LogP contribution in [0.1, 0.15) is 29.1 Å². The largest absolute Gasteiger partial charge is 0.417 e. The maximum atomic E-state index is 12.8. The van der Waals surface area contributed by atoms with Crippen LogP contribution < -0.4 is 10.9 Å². The van der Waals surface area contributed by atoms with Gasteiger partial charge in [-0.3, -0.25) is 14.5 Å². The van der Waals surface area contributed by atoms with Gasteiger partial charge in [0, 0.05) is 24.0 Å². The third-order valence-corrected chi connectivity index (χ3v) is 5.32. The molecule has 0 spiro atoms. The van der Waals surface area contributed by atoms with E-state index in [-0.39, 0.29) is 11.6 Å². The number of thiazole rings is 1. The quantitative estimate of drug-likeness (QED) is 0.827.